The highest BCUT2D eigenvalue weighted by atomic mass is 32.1. The second-order valence-corrected chi connectivity index (χ2v) is 8.61. The Balaban J connectivity index is 1.84. The molecule has 0 aliphatic heterocycles. The third-order valence-electron chi connectivity index (χ3n) is 5.44. The molecule has 0 aliphatic rings. The number of methoxy groups -OCH3 is 3. The van der Waals surface area contributed by atoms with Gasteiger partial charge < -0.3 is 19.1 Å². The highest BCUT2D eigenvalue weighted by molar-refractivity contribution is 7.10. The number of aryl methyl sites for hydroxylation is 1. The molecule has 33 heavy (non-hydrogen) atoms. The normalized spacial score (nSPS) is 10.5. The molecule has 0 saturated carbocycles. The lowest BCUT2D eigenvalue weighted by atomic mass is 10.1. The molecule has 3 rings (SSSR count). The van der Waals surface area contributed by atoms with Crippen LogP contribution in [-0.2, 0) is 17.7 Å². The van der Waals surface area contributed by atoms with E-state index in [1.807, 2.05) is 25.1 Å². The molecule has 174 valence electrons. The average Bonchev–Trinajstić information content (AvgIpc) is 3.32. The molecule has 6 nitrogen and oxygen atoms in total. The molecule has 0 saturated heterocycles. The Morgan fingerprint density at radius 2 is 1.61 bits per heavy atom. The topological polar surface area (TPSA) is 65.1 Å². The summed E-state index contributed by atoms with van der Waals surface area (Å²) < 4.78 is 15.7. The molecule has 2 aromatic carbocycles. The molecule has 3 aromatic rings. The van der Waals surface area contributed by atoms with Crippen molar-refractivity contribution in [2.24, 2.45) is 0 Å². The minimum Gasteiger partial charge on any atom is -0.496 e. The fourth-order valence-corrected chi connectivity index (χ4v) is 4.51. The maximum absolute atomic E-state index is 13.6. The highest BCUT2D eigenvalue weighted by Crippen LogP contribution is 2.30. The van der Waals surface area contributed by atoms with Gasteiger partial charge in [0, 0.05) is 27.9 Å². The van der Waals surface area contributed by atoms with Gasteiger partial charge >= 0.3 is 5.97 Å². The zero-order valence-corrected chi connectivity index (χ0v) is 20.2. The molecule has 7 heteroatoms. The molecule has 1 heterocycles. The summed E-state index contributed by atoms with van der Waals surface area (Å²) in [6.07, 6.45) is 1.67. The summed E-state index contributed by atoms with van der Waals surface area (Å²) in [5, 5.41) is 1.76. The Morgan fingerprint density at radius 3 is 2.21 bits per heavy atom. The van der Waals surface area contributed by atoms with Gasteiger partial charge in [0.1, 0.15) is 11.5 Å². The molecular weight excluding hydrogens is 438 g/mol. The zero-order valence-electron chi connectivity index (χ0n) is 19.4. The number of benzene rings is 2. The maximum Gasteiger partial charge on any atom is 0.338 e. The maximum atomic E-state index is 13.6. The lowest BCUT2D eigenvalue weighted by molar-refractivity contribution is 0.0601. The number of nitrogens with zero attached hydrogens (tertiary/aromatic N) is 1. The molecule has 0 atom stereocenters. The van der Waals surface area contributed by atoms with Gasteiger partial charge in [-0.3, -0.25) is 4.79 Å². The van der Waals surface area contributed by atoms with Crippen LogP contribution in [0.2, 0.25) is 0 Å². The summed E-state index contributed by atoms with van der Waals surface area (Å²) in [6.45, 7) is 2.86. The van der Waals surface area contributed by atoms with Gasteiger partial charge in [0.15, 0.2) is 0 Å². The van der Waals surface area contributed by atoms with E-state index in [0.29, 0.717) is 35.7 Å². The fourth-order valence-electron chi connectivity index (χ4n) is 3.64. The predicted molar refractivity (Wildman–Crippen MR) is 129 cm³/mol. The first-order chi connectivity index (χ1) is 16.0. The van der Waals surface area contributed by atoms with Crippen LogP contribution in [-0.4, -0.2) is 44.7 Å². The van der Waals surface area contributed by atoms with Crippen LogP contribution in [0, 0.1) is 6.92 Å². The molecule has 0 N–H and O–H groups in total. The van der Waals surface area contributed by atoms with E-state index in [4.69, 9.17) is 14.2 Å². The van der Waals surface area contributed by atoms with Crippen molar-refractivity contribution in [2.75, 3.05) is 27.9 Å². The summed E-state index contributed by atoms with van der Waals surface area (Å²) in [4.78, 5) is 28.1. The molecule has 0 radical (unpaired) electrons. The van der Waals surface area contributed by atoms with Gasteiger partial charge in [-0.15, -0.1) is 11.3 Å². The number of rotatable bonds is 10. The molecule has 0 unspecified atom stereocenters. The van der Waals surface area contributed by atoms with E-state index in [1.54, 1.807) is 42.7 Å². The van der Waals surface area contributed by atoms with Crippen molar-refractivity contribution in [3.8, 4) is 11.5 Å². The Labute approximate surface area is 198 Å². The van der Waals surface area contributed by atoms with Gasteiger partial charge in [0.25, 0.3) is 5.91 Å². The summed E-state index contributed by atoms with van der Waals surface area (Å²) in [7, 11) is 4.51. The number of amides is 1. The van der Waals surface area contributed by atoms with E-state index in [0.717, 1.165) is 23.3 Å². The van der Waals surface area contributed by atoms with Crippen molar-refractivity contribution in [2.45, 2.75) is 26.3 Å². The number of ether oxygens (including phenoxy) is 3. The third-order valence-corrected chi connectivity index (χ3v) is 6.37. The predicted octanol–water partition coefficient (Wildman–Crippen LogP) is 5.14. The van der Waals surface area contributed by atoms with Gasteiger partial charge in [0.2, 0.25) is 0 Å². The van der Waals surface area contributed by atoms with Crippen molar-refractivity contribution in [1.82, 2.24) is 4.90 Å². The minimum absolute atomic E-state index is 0.118. The molecule has 0 bridgehead atoms. The molecule has 1 amide bonds. The summed E-state index contributed by atoms with van der Waals surface area (Å²) >= 11 is 1.44. The Bertz CT molecular complexity index is 1070. The molecular formula is C26H29NO5S. The quantitative estimate of drug-likeness (QED) is 0.387. The summed E-state index contributed by atoms with van der Waals surface area (Å²) in [5.74, 6) is 0.706. The van der Waals surface area contributed by atoms with E-state index >= 15 is 0 Å². The number of esters is 1. The second-order valence-electron chi connectivity index (χ2n) is 7.61. The van der Waals surface area contributed by atoms with E-state index in [9.17, 15) is 9.59 Å². The van der Waals surface area contributed by atoms with Crippen molar-refractivity contribution < 1.29 is 23.8 Å². The van der Waals surface area contributed by atoms with Crippen LogP contribution in [0.4, 0.5) is 0 Å². The first-order valence-electron chi connectivity index (χ1n) is 10.7. The van der Waals surface area contributed by atoms with Gasteiger partial charge in [-0.2, -0.15) is 0 Å². The average molecular weight is 468 g/mol. The number of carbonyl (C=O) groups is 2. The first kappa shape index (κ1) is 24.3. The zero-order chi connectivity index (χ0) is 23.8. The van der Waals surface area contributed by atoms with E-state index in [-0.39, 0.29) is 11.9 Å². The van der Waals surface area contributed by atoms with Gasteiger partial charge in [-0.1, -0.05) is 30.3 Å². The largest absolute Gasteiger partial charge is 0.496 e. The minimum atomic E-state index is -0.382. The number of thiophene rings is 1. The molecule has 0 fully saturated rings. The van der Waals surface area contributed by atoms with Crippen molar-refractivity contribution in [3.63, 3.8) is 0 Å². The Hall–Kier alpha value is -3.32. The third kappa shape index (κ3) is 6.14. The van der Waals surface area contributed by atoms with Gasteiger partial charge in [-0.25, -0.2) is 4.79 Å². The van der Waals surface area contributed by atoms with Crippen molar-refractivity contribution in [3.05, 3.63) is 81.0 Å². The van der Waals surface area contributed by atoms with Crippen LogP contribution in [0.5, 0.6) is 11.5 Å². The number of hydrogen-bond acceptors (Lipinski definition) is 6. The van der Waals surface area contributed by atoms with Crippen LogP contribution >= 0.6 is 11.3 Å². The molecule has 1 aromatic heterocycles. The van der Waals surface area contributed by atoms with Gasteiger partial charge in [-0.05, 0) is 43.5 Å². The Morgan fingerprint density at radius 1 is 0.939 bits per heavy atom. The van der Waals surface area contributed by atoms with Crippen LogP contribution in [0.25, 0.3) is 0 Å². The lowest BCUT2D eigenvalue weighted by Gasteiger charge is -2.23. The van der Waals surface area contributed by atoms with E-state index in [2.05, 4.69) is 12.1 Å². The number of hydrogen-bond donors (Lipinski definition) is 0. The standard InChI is InChI=1S/C26H29NO5S/c1-18-23(30-2)14-20(15-24(18)31-3)25(28)27(12-8-11-19-9-6-5-7-10-19)16-22-13-21(17-33-22)26(29)32-4/h5-7,9-10,13-15,17H,8,11-12,16H2,1-4H3. The summed E-state index contributed by atoms with van der Waals surface area (Å²) in [5.41, 5.74) is 3.06. The van der Waals surface area contributed by atoms with E-state index in [1.165, 1.54) is 24.0 Å². The molecule has 0 aliphatic carbocycles. The van der Waals surface area contributed by atoms with Crippen molar-refractivity contribution >= 4 is 23.2 Å². The van der Waals surface area contributed by atoms with Crippen LogP contribution < -0.4 is 9.47 Å². The fraction of sp³-hybridized carbons (Fsp3) is 0.308. The van der Waals surface area contributed by atoms with Crippen LogP contribution in [0.3, 0.4) is 0 Å². The lowest BCUT2D eigenvalue weighted by Crippen LogP contribution is -2.31. The van der Waals surface area contributed by atoms with E-state index < -0.39 is 0 Å². The smallest absolute Gasteiger partial charge is 0.338 e. The second kappa shape index (κ2) is 11.5. The first-order valence-corrected chi connectivity index (χ1v) is 11.6. The van der Waals surface area contributed by atoms with Gasteiger partial charge in [0.05, 0.1) is 33.4 Å². The van der Waals surface area contributed by atoms with Crippen molar-refractivity contribution in [1.29, 1.82) is 0 Å². The number of carbonyl (C=O) groups excluding carboxylic acids is 2. The highest BCUT2D eigenvalue weighted by Gasteiger charge is 2.21. The Kier molecular flexibility index (Phi) is 8.49. The monoisotopic (exact) mass is 467 g/mol. The molecule has 0 spiro atoms. The van der Waals surface area contributed by atoms with Crippen LogP contribution in [0.1, 0.15) is 43.1 Å². The van der Waals surface area contributed by atoms with Crippen LogP contribution in [0.15, 0.2) is 53.9 Å². The SMILES string of the molecule is COC(=O)c1csc(CN(CCCc2ccccc2)C(=O)c2cc(OC)c(C)c(OC)c2)c1. The summed E-state index contributed by atoms with van der Waals surface area (Å²) in [6, 6.07) is 15.5.